The Morgan fingerprint density at radius 1 is 0.963 bits per heavy atom. The number of amides is 1. The number of nitrogens with one attached hydrogen (secondary N) is 1. The topological polar surface area (TPSA) is 64.6 Å². The Kier molecular flexibility index (Phi) is 6.44. The van der Waals surface area contributed by atoms with Gasteiger partial charge in [0.15, 0.2) is 12.2 Å². The quantitative estimate of drug-likeness (QED) is 0.767. The van der Waals surface area contributed by atoms with E-state index in [2.05, 4.69) is 5.32 Å². The van der Waals surface area contributed by atoms with Gasteiger partial charge in [-0.15, -0.1) is 0 Å². The Morgan fingerprint density at radius 2 is 1.63 bits per heavy atom. The third kappa shape index (κ3) is 6.02. The maximum atomic E-state index is 12.7. The number of halogens is 3. The summed E-state index contributed by atoms with van der Waals surface area (Å²) in [5.74, 6) is -1.07. The van der Waals surface area contributed by atoms with Gasteiger partial charge >= 0.3 is 12.1 Å². The summed E-state index contributed by atoms with van der Waals surface area (Å²) in [6.45, 7) is 2.78. The summed E-state index contributed by atoms with van der Waals surface area (Å²) in [6.07, 6.45) is -6.70. The van der Waals surface area contributed by atoms with Crippen LogP contribution in [0.4, 0.5) is 18.9 Å². The third-order valence-corrected chi connectivity index (χ3v) is 3.51. The zero-order chi connectivity index (χ0) is 20.0. The maximum absolute atomic E-state index is 12.7. The van der Waals surface area contributed by atoms with Crippen LogP contribution in [0.2, 0.25) is 0 Å². The molecule has 0 saturated heterocycles. The smallest absolute Gasteiger partial charge is 0.416 e. The highest BCUT2D eigenvalue weighted by Gasteiger charge is 2.31. The average molecular weight is 381 g/mol. The first-order chi connectivity index (χ1) is 12.7. The standard InChI is InChI=1S/C19H18F3NO4/c1-12(27-18(25)13(2)26-16-9-4-3-5-10-16)17(24)23-15-8-6-7-14(11-15)19(20,21)22/h3-13H,1-2H3,(H,23,24). The molecule has 0 radical (unpaired) electrons. The number of carbonyl (C=O) groups excluding carboxylic acids is 2. The van der Waals surface area contributed by atoms with Gasteiger partial charge in [-0.1, -0.05) is 24.3 Å². The molecule has 27 heavy (non-hydrogen) atoms. The SMILES string of the molecule is CC(OC(=O)C(C)Oc1ccccc1)C(=O)Nc1cccc(C(F)(F)F)c1. The fourth-order valence-electron chi connectivity index (χ4n) is 2.09. The van der Waals surface area contributed by atoms with E-state index in [9.17, 15) is 22.8 Å². The predicted molar refractivity (Wildman–Crippen MR) is 92.2 cm³/mol. The van der Waals surface area contributed by atoms with Crippen molar-refractivity contribution in [3.8, 4) is 5.75 Å². The number of benzene rings is 2. The van der Waals surface area contributed by atoms with Crippen molar-refractivity contribution in [1.82, 2.24) is 0 Å². The van der Waals surface area contributed by atoms with E-state index in [4.69, 9.17) is 9.47 Å². The van der Waals surface area contributed by atoms with Gasteiger partial charge in [0.25, 0.3) is 5.91 Å². The monoisotopic (exact) mass is 381 g/mol. The van der Waals surface area contributed by atoms with Crippen molar-refractivity contribution in [3.05, 3.63) is 60.2 Å². The zero-order valence-electron chi connectivity index (χ0n) is 14.6. The van der Waals surface area contributed by atoms with Gasteiger partial charge in [0.1, 0.15) is 5.75 Å². The van der Waals surface area contributed by atoms with Gasteiger partial charge in [-0.25, -0.2) is 4.79 Å². The molecule has 2 unspecified atom stereocenters. The number of anilines is 1. The molecular formula is C19H18F3NO4. The van der Waals surface area contributed by atoms with Crippen LogP contribution in [0.1, 0.15) is 19.4 Å². The van der Waals surface area contributed by atoms with Crippen LogP contribution in [0.5, 0.6) is 5.75 Å². The maximum Gasteiger partial charge on any atom is 0.416 e. The predicted octanol–water partition coefficient (Wildman–Crippen LogP) is 4.04. The van der Waals surface area contributed by atoms with E-state index >= 15 is 0 Å². The first-order valence-corrected chi connectivity index (χ1v) is 8.07. The van der Waals surface area contributed by atoms with E-state index in [1.807, 2.05) is 0 Å². The molecule has 8 heteroatoms. The van der Waals surface area contributed by atoms with Gasteiger partial charge < -0.3 is 14.8 Å². The highest BCUT2D eigenvalue weighted by Crippen LogP contribution is 2.30. The molecule has 0 fully saturated rings. The Labute approximate surface area is 154 Å². The average Bonchev–Trinajstić information content (AvgIpc) is 2.62. The summed E-state index contributed by atoms with van der Waals surface area (Å²) in [5.41, 5.74) is -0.943. The van der Waals surface area contributed by atoms with Gasteiger partial charge in [-0.3, -0.25) is 4.79 Å². The fourth-order valence-corrected chi connectivity index (χ4v) is 2.09. The van der Waals surface area contributed by atoms with Crippen molar-refractivity contribution in [2.45, 2.75) is 32.2 Å². The molecular weight excluding hydrogens is 363 g/mol. The number of carbonyl (C=O) groups is 2. The largest absolute Gasteiger partial charge is 0.479 e. The molecule has 2 aromatic carbocycles. The molecule has 2 atom stereocenters. The minimum atomic E-state index is -4.52. The molecule has 0 aliphatic heterocycles. The number of rotatable bonds is 6. The molecule has 2 rings (SSSR count). The summed E-state index contributed by atoms with van der Waals surface area (Å²) in [6, 6.07) is 12.7. The van der Waals surface area contributed by atoms with Crippen molar-refractivity contribution in [1.29, 1.82) is 0 Å². The molecule has 144 valence electrons. The van der Waals surface area contributed by atoms with Crippen molar-refractivity contribution in [2.24, 2.45) is 0 Å². The second-order valence-corrected chi connectivity index (χ2v) is 5.72. The number of hydrogen-bond donors (Lipinski definition) is 1. The first-order valence-electron chi connectivity index (χ1n) is 8.07. The van der Waals surface area contributed by atoms with Crippen LogP contribution in [0.25, 0.3) is 0 Å². The Morgan fingerprint density at radius 3 is 2.26 bits per heavy atom. The van der Waals surface area contributed by atoms with Gasteiger partial charge in [-0.2, -0.15) is 13.2 Å². The highest BCUT2D eigenvalue weighted by molar-refractivity contribution is 5.95. The molecule has 0 bridgehead atoms. The molecule has 0 aliphatic carbocycles. The minimum absolute atomic E-state index is 0.0497. The summed E-state index contributed by atoms with van der Waals surface area (Å²) in [4.78, 5) is 24.1. The highest BCUT2D eigenvalue weighted by atomic mass is 19.4. The van der Waals surface area contributed by atoms with Crippen LogP contribution in [-0.2, 0) is 20.5 Å². The Hall–Kier alpha value is -3.03. The van der Waals surface area contributed by atoms with Crippen molar-refractivity contribution >= 4 is 17.6 Å². The van der Waals surface area contributed by atoms with Crippen LogP contribution < -0.4 is 10.1 Å². The van der Waals surface area contributed by atoms with Crippen LogP contribution in [0.15, 0.2) is 54.6 Å². The third-order valence-electron chi connectivity index (χ3n) is 3.51. The molecule has 0 spiro atoms. The van der Waals surface area contributed by atoms with E-state index in [0.717, 1.165) is 12.1 Å². The van der Waals surface area contributed by atoms with E-state index in [1.165, 1.54) is 26.0 Å². The number of hydrogen-bond acceptors (Lipinski definition) is 4. The Bertz CT molecular complexity index is 793. The molecule has 2 aromatic rings. The minimum Gasteiger partial charge on any atom is -0.479 e. The van der Waals surface area contributed by atoms with Crippen LogP contribution >= 0.6 is 0 Å². The van der Waals surface area contributed by atoms with Gasteiger partial charge in [-0.05, 0) is 44.2 Å². The van der Waals surface area contributed by atoms with Gasteiger partial charge in [0, 0.05) is 5.69 Å². The second kappa shape index (κ2) is 8.57. The molecule has 5 nitrogen and oxygen atoms in total. The summed E-state index contributed by atoms with van der Waals surface area (Å²) >= 11 is 0. The van der Waals surface area contributed by atoms with Crippen LogP contribution in [0, 0.1) is 0 Å². The lowest BCUT2D eigenvalue weighted by atomic mass is 10.2. The second-order valence-electron chi connectivity index (χ2n) is 5.72. The number of esters is 1. The lowest BCUT2D eigenvalue weighted by Gasteiger charge is -2.18. The number of para-hydroxylation sites is 1. The molecule has 0 heterocycles. The first kappa shape index (κ1) is 20.3. The molecule has 0 aromatic heterocycles. The zero-order valence-corrected chi connectivity index (χ0v) is 14.6. The summed E-state index contributed by atoms with van der Waals surface area (Å²) < 4.78 is 48.5. The van der Waals surface area contributed by atoms with E-state index in [-0.39, 0.29) is 5.69 Å². The van der Waals surface area contributed by atoms with Crippen molar-refractivity contribution < 1.29 is 32.2 Å². The summed E-state index contributed by atoms with van der Waals surface area (Å²) in [7, 11) is 0. The van der Waals surface area contributed by atoms with Crippen LogP contribution in [0.3, 0.4) is 0 Å². The van der Waals surface area contributed by atoms with Crippen LogP contribution in [-0.4, -0.2) is 24.1 Å². The van der Waals surface area contributed by atoms with E-state index < -0.39 is 35.8 Å². The number of alkyl halides is 3. The molecule has 0 saturated carbocycles. The normalized spacial score (nSPS) is 13.4. The lowest BCUT2D eigenvalue weighted by molar-refractivity contribution is -0.159. The van der Waals surface area contributed by atoms with Crippen molar-refractivity contribution in [2.75, 3.05) is 5.32 Å². The van der Waals surface area contributed by atoms with E-state index in [0.29, 0.717) is 5.75 Å². The van der Waals surface area contributed by atoms with Gasteiger partial charge in [0.05, 0.1) is 5.56 Å². The fraction of sp³-hybridized carbons (Fsp3) is 0.263. The Balaban J connectivity index is 1.92. The molecule has 1 amide bonds. The van der Waals surface area contributed by atoms with E-state index in [1.54, 1.807) is 30.3 Å². The molecule has 0 aliphatic rings. The summed E-state index contributed by atoms with van der Waals surface area (Å²) in [5, 5.41) is 2.29. The van der Waals surface area contributed by atoms with Crippen molar-refractivity contribution in [3.63, 3.8) is 0 Å². The van der Waals surface area contributed by atoms with Gasteiger partial charge in [0.2, 0.25) is 0 Å². The number of ether oxygens (including phenoxy) is 2. The lowest BCUT2D eigenvalue weighted by Crippen LogP contribution is -2.35. The molecule has 1 N–H and O–H groups in total.